The average molecular weight is 152 g/mol. The lowest BCUT2D eigenvalue weighted by Gasteiger charge is -1.94. The van der Waals surface area contributed by atoms with Crippen LogP contribution in [0.5, 0.6) is 0 Å². The molecular formula is C9H12O2. The summed E-state index contributed by atoms with van der Waals surface area (Å²) in [6.45, 7) is 2.13. The van der Waals surface area contributed by atoms with Crippen LogP contribution in [-0.2, 0) is 9.53 Å². The molecule has 2 nitrogen and oxygen atoms in total. The van der Waals surface area contributed by atoms with E-state index in [1.54, 1.807) is 6.08 Å². The van der Waals surface area contributed by atoms with Gasteiger partial charge in [-0.25, -0.2) is 4.79 Å². The number of rotatable bonds is 3. The maximum absolute atomic E-state index is 10.5. The summed E-state index contributed by atoms with van der Waals surface area (Å²) in [5.74, 6) is 0.441. The lowest BCUT2D eigenvalue weighted by atomic mass is 10.2. The molecule has 0 aromatic heterocycles. The van der Waals surface area contributed by atoms with Crippen molar-refractivity contribution in [2.75, 3.05) is 0 Å². The molecular weight excluding hydrogens is 140 g/mol. The van der Waals surface area contributed by atoms with E-state index in [-0.39, 0.29) is 5.97 Å². The van der Waals surface area contributed by atoms with E-state index < -0.39 is 0 Å². The van der Waals surface area contributed by atoms with Gasteiger partial charge >= 0.3 is 5.97 Å². The molecule has 0 aliphatic carbocycles. The van der Waals surface area contributed by atoms with E-state index in [0.29, 0.717) is 5.76 Å². The minimum absolute atomic E-state index is 0.257. The monoisotopic (exact) mass is 152 g/mol. The molecule has 0 atom stereocenters. The van der Waals surface area contributed by atoms with Crippen molar-refractivity contribution < 1.29 is 9.53 Å². The lowest BCUT2D eigenvalue weighted by Crippen LogP contribution is -1.89. The van der Waals surface area contributed by atoms with Gasteiger partial charge in [-0.15, -0.1) is 0 Å². The summed E-state index contributed by atoms with van der Waals surface area (Å²) < 4.78 is 4.82. The third kappa shape index (κ3) is 2.58. The highest BCUT2D eigenvalue weighted by molar-refractivity contribution is 5.86. The van der Waals surface area contributed by atoms with E-state index in [1.165, 1.54) is 12.5 Å². The molecule has 0 spiro atoms. The SMILES string of the molecule is CCCC/C=C1/C=CC(=O)O1. The molecule has 11 heavy (non-hydrogen) atoms. The summed E-state index contributed by atoms with van der Waals surface area (Å²) in [5, 5.41) is 0. The molecule has 60 valence electrons. The molecule has 1 aliphatic rings. The van der Waals surface area contributed by atoms with Gasteiger partial charge in [-0.1, -0.05) is 13.3 Å². The summed E-state index contributed by atoms with van der Waals surface area (Å²) in [7, 11) is 0. The van der Waals surface area contributed by atoms with Crippen LogP contribution in [0.25, 0.3) is 0 Å². The van der Waals surface area contributed by atoms with Gasteiger partial charge < -0.3 is 4.74 Å². The van der Waals surface area contributed by atoms with Crippen LogP contribution in [0.1, 0.15) is 26.2 Å². The number of hydrogen-bond donors (Lipinski definition) is 0. The Kier molecular flexibility index (Phi) is 2.90. The number of hydrogen-bond acceptors (Lipinski definition) is 2. The van der Waals surface area contributed by atoms with Crippen molar-refractivity contribution in [3.8, 4) is 0 Å². The highest BCUT2D eigenvalue weighted by Gasteiger charge is 2.07. The minimum atomic E-state index is -0.257. The topological polar surface area (TPSA) is 26.3 Å². The molecule has 0 N–H and O–H groups in total. The van der Waals surface area contributed by atoms with Crippen molar-refractivity contribution in [3.63, 3.8) is 0 Å². The van der Waals surface area contributed by atoms with Crippen molar-refractivity contribution >= 4 is 5.97 Å². The number of esters is 1. The van der Waals surface area contributed by atoms with Gasteiger partial charge in [0.05, 0.1) is 0 Å². The zero-order chi connectivity index (χ0) is 8.10. The third-order valence-corrected chi connectivity index (χ3v) is 1.51. The Labute approximate surface area is 66.5 Å². The number of unbranched alkanes of at least 4 members (excludes halogenated alkanes) is 2. The van der Waals surface area contributed by atoms with E-state index in [9.17, 15) is 4.79 Å². The van der Waals surface area contributed by atoms with E-state index in [4.69, 9.17) is 4.74 Å². The van der Waals surface area contributed by atoms with Gasteiger partial charge in [-0.05, 0) is 25.0 Å². The molecule has 0 unspecified atom stereocenters. The fourth-order valence-corrected chi connectivity index (χ4v) is 0.893. The van der Waals surface area contributed by atoms with Gasteiger partial charge in [-0.3, -0.25) is 0 Å². The van der Waals surface area contributed by atoms with Gasteiger partial charge in [0.2, 0.25) is 0 Å². The molecule has 2 heteroatoms. The van der Waals surface area contributed by atoms with Crippen LogP contribution in [0.4, 0.5) is 0 Å². The van der Waals surface area contributed by atoms with Crippen molar-refractivity contribution in [2.24, 2.45) is 0 Å². The molecule has 0 fully saturated rings. The Morgan fingerprint density at radius 1 is 1.55 bits per heavy atom. The number of cyclic esters (lactones) is 1. The highest BCUT2D eigenvalue weighted by Crippen LogP contribution is 2.10. The first kappa shape index (κ1) is 8.05. The fraction of sp³-hybridized carbons (Fsp3) is 0.444. The lowest BCUT2D eigenvalue weighted by molar-refractivity contribution is -0.132. The van der Waals surface area contributed by atoms with Crippen LogP contribution in [0.15, 0.2) is 24.0 Å². The van der Waals surface area contributed by atoms with Gasteiger partial charge in [0.1, 0.15) is 5.76 Å². The predicted octanol–water partition coefficient (Wildman–Crippen LogP) is 2.17. The van der Waals surface area contributed by atoms with Crippen molar-refractivity contribution in [1.82, 2.24) is 0 Å². The summed E-state index contributed by atoms with van der Waals surface area (Å²) >= 11 is 0. The second kappa shape index (κ2) is 3.96. The van der Waals surface area contributed by atoms with Crippen LogP contribution in [-0.4, -0.2) is 5.97 Å². The molecule has 0 aromatic carbocycles. The number of allylic oxidation sites excluding steroid dienone is 2. The van der Waals surface area contributed by atoms with Crippen LogP contribution in [0.3, 0.4) is 0 Å². The molecule has 0 amide bonds. The van der Waals surface area contributed by atoms with Crippen LogP contribution in [0, 0.1) is 0 Å². The molecule has 0 aromatic rings. The van der Waals surface area contributed by atoms with Crippen LogP contribution < -0.4 is 0 Å². The summed E-state index contributed by atoms with van der Waals surface area (Å²) in [6.07, 6.45) is 8.40. The highest BCUT2D eigenvalue weighted by atomic mass is 16.5. The fourth-order valence-electron chi connectivity index (χ4n) is 0.893. The van der Waals surface area contributed by atoms with E-state index in [1.807, 2.05) is 6.08 Å². The molecule has 1 aliphatic heterocycles. The predicted molar refractivity (Wildman–Crippen MR) is 42.8 cm³/mol. The Hall–Kier alpha value is -1.05. The van der Waals surface area contributed by atoms with Crippen LogP contribution >= 0.6 is 0 Å². The molecule has 0 saturated heterocycles. The van der Waals surface area contributed by atoms with Crippen molar-refractivity contribution in [1.29, 1.82) is 0 Å². The first-order chi connectivity index (χ1) is 5.33. The second-order valence-corrected chi connectivity index (χ2v) is 2.50. The number of ether oxygens (including phenoxy) is 1. The molecule has 1 rings (SSSR count). The minimum Gasteiger partial charge on any atom is -0.424 e. The van der Waals surface area contributed by atoms with E-state index >= 15 is 0 Å². The standard InChI is InChI=1S/C9H12O2/c1-2-3-4-5-8-6-7-9(10)11-8/h5-7H,2-4H2,1H3/b8-5-. The largest absolute Gasteiger partial charge is 0.424 e. The van der Waals surface area contributed by atoms with Gasteiger partial charge in [0.15, 0.2) is 0 Å². The van der Waals surface area contributed by atoms with E-state index in [0.717, 1.165) is 12.8 Å². The first-order valence-electron chi connectivity index (χ1n) is 3.93. The summed E-state index contributed by atoms with van der Waals surface area (Å²) in [5.41, 5.74) is 0. The van der Waals surface area contributed by atoms with Gasteiger partial charge in [0.25, 0.3) is 0 Å². The van der Waals surface area contributed by atoms with Crippen molar-refractivity contribution in [3.05, 3.63) is 24.0 Å². The number of carbonyl (C=O) groups excluding carboxylic acids is 1. The Balaban J connectivity index is 2.32. The quantitative estimate of drug-likeness (QED) is 0.457. The summed E-state index contributed by atoms with van der Waals surface area (Å²) in [6, 6.07) is 0. The summed E-state index contributed by atoms with van der Waals surface area (Å²) in [4.78, 5) is 10.5. The Morgan fingerprint density at radius 2 is 2.36 bits per heavy atom. The molecule has 0 bridgehead atoms. The normalized spacial score (nSPS) is 19.4. The molecule has 0 radical (unpaired) electrons. The van der Waals surface area contributed by atoms with Crippen LogP contribution in [0.2, 0.25) is 0 Å². The zero-order valence-electron chi connectivity index (χ0n) is 6.67. The first-order valence-corrected chi connectivity index (χ1v) is 3.93. The molecule has 1 heterocycles. The average Bonchev–Trinajstić information content (AvgIpc) is 2.37. The van der Waals surface area contributed by atoms with Gasteiger partial charge in [0, 0.05) is 6.08 Å². The second-order valence-electron chi connectivity index (χ2n) is 2.50. The Morgan fingerprint density at radius 3 is 2.91 bits per heavy atom. The number of carbonyl (C=O) groups is 1. The molecule has 0 saturated carbocycles. The van der Waals surface area contributed by atoms with E-state index in [2.05, 4.69) is 6.92 Å². The van der Waals surface area contributed by atoms with Crippen molar-refractivity contribution in [2.45, 2.75) is 26.2 Å². The maximum Gasteiger partial charge on any atom is 0.336 e. The zero-order valence-corrected chi connectivity index (χ0v) is 6.67. The maximum atomic E-state index is 10.5. The Bertz CT molecular complexity index is 202. The smallest absolute Gasteiger partial charge is 0.336 e. The third-order valence-electron chi connectivity index (χ3n) is 1.51. The van der Waals surface area contributed by atoms with Gasteiger partial charge in [-0.2, -0.15) is 0 Å².